The van der Waals surface area contributed by atoms with Crippen molar-refractivity contribution in [2.24, 2.45) is 4.99 Å². The van der Waals surface area contributed by atoms with Gasteiger partial charge in [-0.15, -0.1) is 9.62 Å². The number of aliphatic imine (C=N–C) groups is 1. The van der Waals surface area contributed by atoms with Crippen molar-refractivity contribution >= 4 is 78.8 Å². The van der Waals surface area contributed by atoms with E-state index in [0.29, 0.717) is 0 Å². The molecule has 20 nitrogen and oxygen atoms in total. The molecular weight excluding hydrogens is 702 g/mol. The predicted molar refractivity (Wildman–Crippen MR) is 161 cm³/mol. The van der Waals surface area contributed by atoms with Gasteiger partial charge in [-0.3, -0.25) is 14.3 Å². The lowest BCUT2D eigenvalue weighted by Crippen LogP contribution is -2.53. The Hall–Kier alpha value is -2.73. The average molecular weight is 728 g/mol. The Labute approximate surface area is 266 Å². The van der Waals surface area contributed by atoms with Gasteiger partial charge in [0.1, 0.15) is 37.3 Å². The minimum atomic E-state index is -4.41. The number of aliphatic hydroxyl groups excluding tert-OH is 1. The van der Waals surface area contributed by atoms with Crippen molar-refractivity contribution in [2.45, 2.75) is 43.0 Å². The Morgan fingerprint density at radius 1 is 1.30 bits per heavy atom. The van der Waals surface area contributed by atoms with Gasteiger partial charge in [0.25, 0.3) is 11.4 Å². The van der Waals surface area contributed by atoms with E-state index < -0.39 is 80.2 Å². The third-order valence-electron chi connectivity index (χ3n) is 7.32. The molecular formula is C20H25F2N11O9P2S2+2. The van der Waals surface area contributed by atoms with Crippen LogP contribution in [0, 0.1) is 0 Å². The van der Waals surface area contributed by atoms with Crippen molar-refractivity contribution in [3.05, 3.63) is 16.7 Å². The topological polar surface area (TPSA) is 270 Å². The van der Waals surface area contributed by atoms with Crippen molar-refractivity contribution < 1.29 is 46.4 Å². The van der Waals surface area contributed by atoms with E-state index in [1.165, 1.54) is 6.34 Å². The number of rotatable bonds is 9. The van der Waals surface area contributed by atoms with Crippen LogP contribution in [0.15, 0.2) is 16.1 Å². The summed E-state index contributed by atoms with van der Waals surface area (Å²) in [6, 6.07) is 0. The fourth-order valence-corrected chi connectivity index (χ4v) is 7.43. The third-order valence-corrected chi connectivity index (χ3v) is 9.61. The summed E-state index contributed by atoms with van der Waals surface area (Å²) >= 11 is 8.85. The molecule has 10 unspecified atom stereocenters. The maximum atomic E-state index is 15.7. The predicted octanol–water partition coefficient (Wildman–Crippen LogP) is -0.337. The maximum Gasteiger partial charge on any atom is 0.582 e. The Morgan fingerprint density at radius 3 is 2.83 bits per heavy atom. The number of hydrogen-bond donors (Lipinski definition) is 6. The molecule has 7 N–H and O–H groups in total. The Kier molecular flexibility index (Phi) is 9.17. The number of nitrogens with zero attached hydrogens (tertiary/aromatic N) is 8. The van der Waals surface area contributed by atoms with Crippen LogP contribution in [0.3, 0.4) is 0 Å². The van der Waals surface area contributed by atoms with E-state index in [2.05, 4.69) is 47.5 Å². The summed E-state index contributed by atoms with van der Waals surface area (Å²) in [5.74, 6) is -0.248. The standard InChI is InChI=1S/C20H23F2N11O9P2S2/c21-10-7(1-33(6-38-8(10)2-34)5-27-13-17(33)28-20(24)29-18(13)35)42-44(37,46)39-3-9-14(41-43(36)45)11(22)19(40-9)32-16-12(30-31-32)15(23)25-4-26-16/h4-5,7-11,14,19,34H,1-3,6H2,(H5-2,23,24,25,26,28,29,31,35,36,37,45,46)/p+2. The van der Waals surface area contributed by atoms with Gasteiger partial charge in [0.05, 0.1) is 13.2 Å². The van der Waals surface area contributed by atoms with E-state index >= 15 is 8.78 Å². The molecule has 6 heterocycles. The summed E-state index contributed by atoms with van der Waals surface area (Å²) in [5, 5.41) is 17.5. The highest BCUT2D eigenvalue weighted by molar-refractivity contribution is 8.39. The summed E-state index contributed by atoms with van der Waals surface area (Å²) in [6.07, 6.45) is -9.32. The van der Waals surface area contributed by atoms with Gasteiger partial charge in [-0.2, -0.15) is 14.7 Å². The van der Waals surface area contributed by atoms with Crippen LogP contribution >= 0.6 is 26.2 Å². The zero-order chi connectivity index (χ0) is 33.0. The van der Waals surface area contributed by atoms with E-state index in [1.807, 2.05) is 0 Å². The van der Waals surface area contributed by atoms with Gasteiger partial charge >= 0.3 is 13.9 Å². The van der Waals surface area contributed by atoms with E-state index in [-0.39, 0.29) is 47.7 Å². The summed E-state index contributed by atoms with van der Waals surface area (Å²) in [4.78, 5) is 41.7. The Balaban J connectivity index is 1.22. The maximum absolute atomic E-state index is 15.7. The number of nitrogens with two attached hydrogens (primary N) is 2. The van der Waals surface area contributed by atoms with Gasteiger partial charge in [-0.1, -0.05) is 5.21 Å². The van der Waals surface area contributed by atoms with Gasteiger partial charge in [0.2, 0.25) is 11.6 Å². The number of quaternary nitrogens is 1. The molecule has 2 saturated heterocycles. The Bertz CT molecular complexity index is 1810. The molecule has 3 aromatic rings. The van der Waals surface area contributed by atoms with Crippen LogP contribution in [0.4, 0.5) is 32.1 Å². The molecule has 0 aromatic carbocycles. The summed E-state index contributed by atoms with van der Waals surface area (Å²) in [7, 11) is -2.66. The number of fused-ring (bicyclic) bond motifs is 3. The molecule has 0 bridgehead atoms. The van der Waals surface area contributed by atoms with Crippen LogP contribution in [0.25, 0.3) is 11.2 Å². The number of H-pyrrole nitrogens is 1. The number of hydrogen-bond acceptors (Lipinski definition) is 17. The van der Waals surface area contributed by atoms with Crippen LogP contribution in [0.5, 0.6) is 0 Å². The first-order valence-electron chi connectivity index (χ1n) is 13.1. The minimum absolute atomic E-state index is 0.0145. The number of aliphatic hydroxyl groups is 1. The number of ether oxygens (including phenoxy) is 2. The van der Waals surface area contributed by atoms with Crippen LogP contribution in [0.2, 0.25) is 0 Å². The molecule has 3 aliphatic rings. The van der Waals surface area contributed by atoms with E-state index in [1.54, 1.807) is 0 Å². The lowest BCUT2D eigenvalue weighted by molar-refractivity contribution is -0.0610. The molecule has 0 saturated carbocycles. The highest BCUT2D eigenvalue weighted by atomic mass is 32.7. The van der Waals surface area contributed by atoms with Crippen molar-refractivity contribution in [2.75, 3.05) is 38.0 Å². The molecule has 3 aliphatic heterocycles. The molecule has 0 aliphatic carbocycles. The first-order valence-corrected chi connectivity index (χ1v) is 18.0. The number of alkyl halides is 2. The van der Waals surface area contributed by atoms with E-state index in [9.17, 15) is 19.4 Å². The fourth-order valence-electron chi connectivity index (χ4n) is 5.21. The highest BCUT2D eigenvalue weighted by Gasteiger charge is 2.54. The van der Waals surface area contributed by atoms with Crippen molar-refractivity contribution in [1.29, 1.82) is 0 Å². The van der Waals surface area contributed by atoms with Crippen LogP contribution in [0.1, 0.15) is 6.23 Å². The molecule has 0 amide bonds. The SMILES string of the molecule is Nc1nc2c(c(=O)[nH]1)N=C[N+]21COC(CO)C(F)C(OP(O)(=S)OCC2OC(n3nnc4c(N)ncnc43)C(F)C2O[P+](=O)S)C1. The minimum Gasteiger partial charge on any atom is -0.394 e. The molecule has 0 radical (unpaired) electrons. The first kappa shape index (κ1) is 33.2. The quantitative estimate of drug-likeness (QED) is 0.0935. The molecule has 1 spiro atoms. The zero-order valence-corrected chi connectivity index (χ0v) is 26.5. The van der Waals surface area contributed by atoms with Crippen LogP contribution < -0.4 is 21.5 Å². The molecule has 2 fully saturated rings. The normalized spacial score (nSPS) is 32.5. The lowest BCUT2D eigenvalue weighted by atomic mass is 10.1. The number of aromatic nitrogens is 7. The number of nitrogen functional groups attached to an aromatic ring is 2. The summed E-state index contributed by atoms with van der Waals surface area (Å²) in [6.45, 7) is -6.60. The highest BCUT2D eigenvalue weighted by Crippen LogP contribution is 2.49. The summed E-state index contributed by atoms with van der Waals surface area (Å²) < 4.78 is 71.2. The van der Waals surface area contributed by atoms with Gasteiger partial charge in [0, 0.05) is 0 Å². The van der Waals surface area contributed by atoms with Crippen molar-refractivity contribution in [3.8, 4) is 0 Å². The van der Waals surface area contributed by atoms with Crippen LogP contribution in [-0.2, 0) is 39.4 Å². The smallest absolute Gasteiger partial charge is 0.394 e. The number of nitrogens with one attached hydrogen (secondary N) is 1. The number of anilines is 2. The lowest BCUT2D eigenvalue weighted by Gasteiger charge is -2.31. The monoisotopic (exact) mass is 727 g/mol. The number of halogens is 2. The largest absolute Gasteiger partial charge is 0.582 e. The van der Waals surface area contributed by atoms with Gasteiger partial charge in [-0.25, -0.2) is 23.2 Å². The average Bonchev–Trinajstić information content (AvgIpc) is 3.64. The first-order chi connectivity index (χ1) is 21.8. The van der Waals surface area contributed by atoms with Gasteiger partial charge in [-0.05, 0) is 16.4 Å². The molecule has 10 atom stereocenters. The van der Waals surface area contributed by atoms with Gasteiger partial charge < -0.3 is 35.5 Å². The second kappa shape index (κ2) is 12.7. The molecule has 26 heteroatoms. The van der Waals surface area contributed by atoms with Gasteiger partial charge in [0.15, 0.2) is 60.8 Å². The van der Waals surface area contributed by atoms with Crippen molar-refractivity contribution in [1.82, 2.24) is 39.4 Å². The number of aromatic amines is 1. The van der Waals surface area contributed by atoms with E-state index in [0.717, 1.165) is 11.0 Å². The Morgan fingerprint density at radius 2 is 2.09 bits per heavy atom. The molecule has 248 valence electrons. The number of thiol groups is 1. The van der Waals surface area contributed by atoms with Crippen LogP contribution in [-0.4, -0.2) is 115 Å². The van der Waals surface area contributed by atoms with Crippen molar-refractivity contribution in [3.63, 3.8) is 0 Å². The molecule has 3 aromatic heterocycles. The fraction of sp³-hybridized carbons (Fsp3) is 0.550. The second-order valence-electron chi connectivity index (χ2n) is 10.2. The third kappa shape index (κ3) is 6.16. The van der Waals surface area contributed by atoms with E-state index in [4.69, 9.17) is 46.3 Å². The molecule has 6 rings (SSSR count). The summed E-state index contributed by atoms with van der Waals surface area (Å²) in [5.41, 5.74) is 10.8. The molecule has 46 heavy (non-hydrogen) atoms. The second-order valence-corrected chi connectivity index (χ2v) is 14.7. The zero-order valence-electron chi connectivity index (χ0n) is 23.0.